The summed E-state index contributed by atoms with van der Waals surface area (Å²) in [7, 11) is -2.71. The van der Waals surface area contributed by atoms with Crippen LogP contribution in [0.15, 0.2) is 84.9 Å². The van der Waals surface area contributed by atoms with Gasteiger partial charge in [0.25, 0.3) is 0 Å². The Morgan fingerprint density at radius 2 is 1.48 bits per heavy atom. The Bertz CT molecular complexity index is 1010. The molecule has 0 amide bonds. The summed E-state index contributed by atoms with van der Waals surface area (Å²) >= 11 is 0. The molecule has 0 aromatic heterocycles. The highest BCUT2D eigenvalue weighted by atomic mass is 28.4. The van der Waals surface area contributed by atoms with Gasteiger partial charge in [0.1, 0.15) is 5.75 Å². The first-order valence-corrected chi connectivity index (χ1v) is 13.9. The largest absolute Gasteiger partial charge is 0.534 e. The number of benzene rings is 3. The van der Waals surface area contributed by atoms with E-state index in [-0.39, 0.29) is 5.04 Å². The molecular weight excluding hydrogens is 424 g/mol. The molecule has 3 aromatic rings. The normalized spacial score (nSPS) is 21.5. The summed E-state index contributed by atoms with van der Waals surface area (Å²) in [6, 6.07) is 29.3. The zero-order chi connectivity index (χ0) is 23.5. The lowest BCUT2D eigenvalue weighted by molar-refractivity contribution is -0.0988. The van der Waals surface area contributed by atoms with Gasteiger partial charge in [0, 0.05) is 6.42 Å². The fourth-order valence-corrected chi connectivity index (χ4v) is 9.72. The Hall–Kier alpha value is -2.40. The maximum absolute atomic E-state index is 11.1. The summed E-state index contributed by atoms with van der Waals surface area (Å²) in [4.78, 5) is 0. The van der Waals surface area contributed by atoms with Crippen LogP contribution in [0.4, 0.5) is 0 Å². The Balaban J connectivity index is 1.76. The highest BCUT2D eigenvalue weighted by Crippen LogP contribution is 2.38. The summed E-state index contributed by atoms with van der Waals surface area (Å²) in [5.74, 6) is 0.815. The van der Waals surface area contributed by atoms with Crippen molar-refractivity contribution in [3.8, 4) is 5.75 Å². The molecule has 0 radical (unpaired) electrons. The molecule has 3 aromatic carbocycles. The summed E-state index contributed by atoms with van der Waals surface area (Å²) in [5, 5.41) is 23.9. The van der Waals surface area contributed by atoms with Crippen LogP contribution in [-0.2, 0) is 6.42 Å². The minimum absolute atomic E-state index is 0.122. The molecule has 174 valence electrons. The van der Waals surface area contributed by atoms with Crippen LogP contribution in [-0.4, -0.2) is 30.2 Å². The van der Waals surface area contributed by atoms with E-state index in [0.717, 1.165) is 24.2 Å². The Labute approximate surface area is 199 Å². The van der Waals surface area contributed by atoms with Gasteiger partial charge in [-0.2, -0.15) is 0 Å². The van der Waals surface area contributed by atoms with Crippen LogP contribution in [0, 0.1) is 0 Å². The molecule has 2 atom stereocenters. The van der Waals surface area contributed by atoms with E-state index in [1.807, 2.05) is 30.3 Å². The van der Waals surface area contributed by atoms with Gasteiger partial charge in [-0.15, -0.1) is 0 Å². The van der Waals surface area contributed by atoms with Crippen molar-refractivity contribution in [2.24, 2.45) is 0 Å². The molecule has 0 aliphatic heterocycles. The number of hydrogen-bond acceptors (Lipinski definition) is 3. The molecule has 0 heterocycles. The zero-order valence-corrected chi connectivity index (χ0v) is 21.0. The van der Waals surface area contributed by atoms with Gasteiger partial charge < -0.3 is 14.6 Å². The predicted molar refractivity (Wildman–Crippen MR) is 138 cm³/mol. The average molecular weight is 461 g/mol. The minimum Gasteiger partial charge on any atom is -0.534 e. The highest BCUT2D eigenvalue weighted by molar-refractivity contribution is 7.00. The van der Waals surface area contributed by atoms with E-state index >= 15 is 0 Å². The van der Waals surface area contributed by atoms with E-state index in [0.29, 0.717) is 19.3 Å². The van der Waals surface area contributed by atoms with Gasteiger partial charge in [-0.3, -0.25) is 0 Å². The van der Waals surface area contributed by atoms with Crippen molar-refractivity contribution in [2.45, 2.75) is 69.6 Å². The topological polar surface area (TPSA) is 49.7 Å². The van der Waals surface area contributed by atoms with Gasteiger partial charge in [0.2, 0.25) is 0 Å². The molecule has 0 bridgehead atoms. The quantitative estimate of drug-likeness (QED) is 0.518. The number of rotatable bonds is 6. The van der Waals surface area contributed by atoms with Gasteiger partial charge in [-0.1, -0.05) is 106 Å². The van der Waals surface area contributed by atoms with Crippen molar-refractivity contribution in [1.29, 1.82) is 0 Å². The molecule has 0 saturated heterocycles. The summed E-state index contributed by atoms with van der Waals surface area (Å²) in [6.07, 6.45) is 2.98. The molecular formula is C29H36O3Si. The third kappa shape index (κ3) is 4.79. The lowest BCUT2D eigenvalue weighted by Crippen LogP contribution is -2.68. The third-order valence-corrected chi connectivity index (χ3v) is 12.0. The Kier molecular flexibility index (Phi) is 6.80. The molecule has 1 fully saturated rings. The first-order valence-electron chi connectivity index (χ1n) is 12.0. The fourth-order valence-electron chi connectivity index (χ4n) is 5.31. The first kappa shape index (κ1) is 23.7. The lowest BCUT2D eigenvalue weighted by atomic mass is 9.78. The van der Waals surface area contributed by atoms with Gasteiger partial charge in [0.05, 0.1) is 11.7 Å². The standard InChI is InChI=1S/C29H36O3Si/c1-28(2,3)33(25-15-6-4-7-16-25,26-17-8-5-9-18-26)32-24-14-12-13-23(21-24)22-29(31)20-11-10-19-27(29)30/h4-9,12-18,21,27,30-31H,10-11,19-20,22H2,1-3H3/t27-,29-/m0/s1. The summed E-state index contributed by atoms with van der Waals surface area (Å²) in [6.45, 7) is 6.80. The van der Waals surface area contributed by atoms with Crippen LogP contribution in [0.1, 0.15) is 52.0 Å². The van der Waals surface area contributed by atoms with Crippen LogP contribution in [0.3, 0.4) is 0 Å². The molecule has 1 aliphatic carbocycles. The molecule has 1 aliphatic rings. The molecule has 4 heteroatoms. The van der Waals surface area contributed by atoms with Crippen molar-refractivity contribution in [3.63, 3.8) is 0 Å². The van der Waals surface area contributed by atoms with Gasteiger partial charge in [0.15, 0.2) is 0 Å². The van der Waals surface area contributed by atoms with E-state index in [2.05, 4.69) is 75.4 Å². The molecule has 2 N–H and O–H groups in total. The molecule has 0 spiro atoms. The van der Waals surface area contributed by atoms with Crippen molar-refractivity contribution in [1.82, 2.24) is 0 Å². The van der Waals surface area contributed by atoms with E-state index in [1.165, 1.54) is 10.4 Å². The SMILES string of the molecule is CC(C)(C)[Si](Oc1cccc(C[C@@]2(O)CCCC[C@@H]2O)c1)(c1ccccc1)c1ccccc1. The number of hydrogen-bond donors (Lipinski definition) is 2. The van der Waals surface area contributed by atoms with Gasteiger partial charge in [-0.05, 0) is 45.9 Å². The first-order chi connectivity index (χ1) is 15.7. The van der Waals surface area contributed by atoms with E-state index in [1.54, 1.807) is 0 Å². The van der Waals surface area contributed by atoms with E-state index in [4.69, 9.17) is 4.43 Å². The van der Waals surface area contributed by atoms with Crippen LogP contribution >= 0.6 is 0 Å². The fraction of sp³-hybridized carbons (Fsp3) is 0.379. The Morgan fingerprint density at radius 3 is 2.03 bits per heavy atom. The van der Waals surface area contributed by atoms with Crippen molar-refractivity contribution >= 4 is 18.7 Å². The van der Waals surface area contributed by atoms with Crippen LogP contribution < -0.4 is 14.8 Å². The van der Waals surface area contributed by atoms with Gasteiger partial charge in [-0.25, -0.2) is 0 Å². The maximum Gasteiger partial charge on any atom is 0.319 e. The monoisotopic (exact) mass is 460 g/mol. The van der Waals surface area contributed by atoms with Gasteiger partial charge >= 0.3 is 8.32 Å². The second-order valence-electron chi connectivity index (χ2n) is 10.5. The zero-order valence-electron chi connectivity index (χ0n) is 20.0. The highest BCUT2D eigenvalue weighted by Gasteiger charge is 2.52. The average Bonchev–Trinajstić information content (AvgIpc) is 2.80. The summed E-state index contributed by atoms with van der Waals surface area (Å²) < 4.78 is 7.12. The second-order valence-corrected chi connectivity index (χ2v) is 14.7. The van der Waals surface area contributed by atoms with Crippen LogP contribution in [0.2, 0.25) is 5.04 Å². The van der Waals surface area contributed by atoms with Crippen molar-refractivity contribution in [3.05, 3.63) is 90.5 Å². The minimum atomic E-state index is -2.71. The lowest BCUT2D eigenvalue weighted by Gasteiger charge is -2.43. The molecule has 0 unspecified atom stereocenters. The maximum atomic E-state index is 11.1. The van der Waals surface area contributed by atoms with Crippen LogP contribution in [0.5, 0.6) is 5.75 Å². The third-order valence-electron chi connectivity index (χ3n) is 7.05. The van der Waals surface area contributed by atoms with Crippen molar-refractivity contribution in [2.75, 3.05) is 0 Å². The van der Waals surface area contributed by atoms with E-state index in [9.17, 15) is 10.2 Å². The molecule has 4 rings (SSSR count). The smallest absolute Gasteiger partial charge is 0.319 e. The number of aliphatic hydroxyl groups is 2. The molecule has 3 nitrogen and oxygen atoms in total. The summed E-state index contributed by atoms with van der Waals surface area (Å²) in [5.41, 5.74) is -0.0669. The van der Waals surface area contributed by atoms with Crippen molar-refractivity contribution < 1.29 is 14.6 Å². The van der Waals surface area contributed by atoms with Crippen LogP contribution in [0.25, 0.3) is 0 Å². The Morgan fingerprint density at radius 1 is 0.879 bits per heavy atom. The molecule has 1 saturated carbocycles. The molecule has 33 heavy (non-hydrogen) atoms. The predicted octanol–water partition coefficient (Wildman–Crippen LogP) is 4.83. The second kappa shape index (κ2) is 9.45. The number of aliphatic hydroxyl groups excluding tert-OH is 1. The van der Waals surface area contributed by atoms with E-state index < -0.39 is 20.0 Å².